The minimum absolute atomic E-state index is 0.00189. The molecule has 0 spiro atoms. The smallest absolute Gasteiger partial charge is 0.354 e. The number of hydrogen-bond acceptors (Lipinski definition) is 4. The van der Waals surface area contributed by atoms with Crippen LogP contribution in [-0.2, 0) is 11.0 Å². The van der Waals surface area contributed by atoms with Gasteiger partial charge < -0.3 is 10.2 Å². The van der Waals surface area contributed by atoms with Crippen molar-refractivity contribution >= 4 is 11.7 Å². The third-order valence-electron chi connectivity index (χ3n) is 4.99. The highest BCUT2D eigenvalue weighted by Gasteiger charge is 2.32. The van der Waals surface area contributed by atoms with Crippen molar-refractivity contribution in [2.24, 2.45) is 0 Å². The molecule has 1 aliphatic rings. The Morgan fingerprint density at radius 1 is 1.23 bits per heavy atom. The number of amides is 1. The highest BCUT2D eigenvalue weighted by Crippen LogP contribution is 2.29. The molecule has 2 rings (SSSR count). The summed E-state index contributed by atoms with van der Waals surface area (Å²) < 4.78 is 37.9. The first-order valence-electron chi connectivity index (χ1n) is 8.88. The molecule has 0 bridgehead atoms. The largest absolute Gasteiger partial charge is 0.417 e. The molecule has 0 aliphatic carbocycles. The van der Waals surface area contributed by atoms with Crippen molar-refractivity contribution in [3.63, 3.8) is 0 Å². The summed E-state index contributed by atoms with van der Waals surface area (Å²) in [6, 6.07) is 2.21. The van der Waals surface area contributed by atoms with Crippen molar-refractivity contribution in [1.82, 2.24) is 15.2 Å². The van der Waals surface area contributed by atoms with E-state index in [9.17, 15) is 18.0 Å². The van der Waals surface area contributed by atoms with Crippen LogP contribution in [0.15, 0.2) is 18.3 Å². The van der Waals surface area contributed by atoms with Crippen molar-refractivity contribution in [2.45, 2.75) is 51.9 Å². The van der Waals surface area contributed by atoms with Crippen LogP contribution < -0.4 is 10.2 Å². The Balaban J connectivity index is 1.91. The minimum Gasteiger partial charge on any atom is -0.354 e. The maximum Gasteiger partial charge on any atom is 0.417 e. The van der Waals surface area contributed by atoms with E-state index in [-0.39, 0.29) is 17.5 Å². The van der Waals surface area contributed by atoms with E-state index < -0.39 is 11.7 Å². The average Bonchev–Trinajstić information content (AvgIpc) is 2.60. The molecular formula is C18H27F3N4O. The summed E-state index contributed by atoms with van der Waals surface area (Å²) in [7, 11) is 0. The zero-order valence-corrected chi connectivity index (χ0v) is 15.7. The predicted molar refractivity (Wildman–Crippen MR) is 95.0 cm³/mol. The third-order valence-corrected chi connectivity index (χ3v) is 4.99. The Bertz CT molecular complexity index is 608. The standard InChI is InChI=1S/C18H27F3N4O/c1-5-17(3,4)23-16(26)13(2)24-8-10-25(11-9-24)15-7-6-14(12-22-15)18(19,20)21/h6-7,12-13H,5,8-11H2,1-4H3,(H,23,26). The molecule has 1 N–H and O–H groups in total. The summed E-state index contributed by atoms with van der Waals surface area (Å²) in [6.07, 6.45) is -2.66. The van der Waals surface area contributed by atoms with Gasteiger partial charge >= 0.3 is 6.18 Å². The summed E-state index contributed by atoms with van der Waals surface area (Å²) in [5.41, 5.74) is -0.985. The van der Waals surface area contributed by atoms with Gasteiger partial charge in [0.2, 0.25) is 5.91 Å². The van der Waals surface area contributed by atoms with Gasteiger partial charge in [0.05, 0.1) is 11.6 Å². The lowest BCUT2D eigenvalue weighted by Crippen LogP contribution is -2.56. The predicted octanol–water partition coefficient (Wildman–Crippen LogP) is 2.92. The number of anilines is 1. The van der Waals surface area contributed by atoms with Gasteiger partial charge in [-0.05, 0) is 39.3 Å². The first-order chi connectivity index (χ1) is 12.0. The van der Waals surface area contributed by atoms with Gasteiger partial charge in [-0.25, -0.2) is 4.98 Å². The van der Waals surface area contributed by atoms with Crippen LogP contribution in [0.5, 0.6) is 0 Å². The molecule has 1 atom stereocenters. The zero-order valence-electron chi connectivity index (χ0n) is 15.7. The van der Waals surface area contributed by atoms with E-state index in [4.69, 9.17) is 0 Å². The van der Waals surface area contributed by atoms with Crippen LogP contribution in [0, 0.1) is 0 Å². The second-order valence-electron chi connectivity index (χ2n) is 7.33. The second kappa shape index (κ2) is 7.82. The van der Waals surface area contributed by atoms with E-state index in [0.717, 1.165) is 18.7 Å². The number of nitrogens with one attached hydrogen (secondary N) is 1. The van der Waals surface area contributed by atoms with E-state index in [1.54, 1.807) is 0 Å². The summed E-state index contributed by atoms with van der Waals surface area (Å²) in [6.45, 7) is 10.4. The normalized spacial score (nSPS) is 17.9. The SMILES string of the molecule is CCC(C)(C)NC(=O)C(C)N1CCN(c2ccc(C(F)(F)F)cn2)CC1. The molecule has 26 heavy (non-hydrogen) atoms. The molecule has 0 radical (unpaired) electrons. The number of carbonyl (C=O) groups is 1. The van der Waals surface area contributed by atoms with Crippen LogP contribution in [0.25, 0.3) is 0 Å². The van der Waals surface area contributed by atoms with Crippen molar-refractivity contribution < 1.29 is 18.0 Å². The maximum absolute atomic E-state index is 12.6. The number of hydrogen-bond donors (Lipinski definition) is 1. The molecule has 1 amide bonds. The van der Waals surface area contributed by atoms with Gasteiger partial charge in [0.1, 0.15) is 5.82 Å². The van der Waals surface area contributed by atoms with Crippen LogP contribution >= 0.6 is 0 Å². The molecule has 8 heteroatoms. The zero-order chi connectivity index (χ0) is 19.5. The average molecular weight is 372 g/mol. The number of aromatic nitrogens is 1. The summed E-state index contributed by atoms with van der Waals surface area (Å²) in [5, 5.41) is 3.05. The number of alkyl halides is 3. The van der Waals surface area contributed by atoms with Gasteiger partial charge in [0.25, 0.3) is 0 Å². The fraction of sp³-hybridized carbons (Fsp3) is 0.667. The molecule has 0 aromatic carbocycles. The summed E-state index contributed by atoms with van der Waals surface area (Å²) in [5.74, 6) is 0.528. The quantitative estimate of drug-likeness (QED) is 0.863. The molecule has 1 aromatic rings. The van der Waals surface area contributed by atoms with Gasteiger partial charge in [-0.1, -0.05) is 6.92 Å². The topological polar surface area (TPSA) is 48.5 Å². The molecule has 0 saturated carbocycles. The first kappa shape index (κ1) is 20.5. The number of piperazine rings is 1. The second-order valence-corrected chi connectivity index (χ2v) is 7.33. The van der Waals surface area contributed by atoms with Crippen LogP contribution in [0.1, 0.15) is 39.7 Å². The monoisotopic (exact) mass is 372 g/mol. The molecule has 1 fully saturated rings. The summed E-state index contributed by atoms with van der Waals surface area (Å²) in [4.78, 5) is 20.4. The van der Waals surface area contributed by atoms with Gasteiger partial charge in [-0.15, -0.1) is 0 Å². The van der Waals surface area contributed by atoms with E-state index in [1.807, 2.05) is 32.6 Å². The van der Waals surface area contributed by atoms with E-state index >= 15 is 0 Å². The van der Waals surface area contributed by atoms with E-state index in [1.165, 1.54) is 6.07 Å². The lowest BCUT2D eigenvalue weighted by atomic mass is 10.0. The third kappa shape index (κ3) is 5.09. The lowest BCUT2D eigenvalue weighted by molar-refractivity contribution is -0.137. The van der Waals surface area contributed by atoms with Crippen LogP contribution in [0.2, 0.25) is 0 Å². The Kier molecular flexibility index (Phi) is 6.16. The fourth-order valence-electron chi connectivity index (χ4n) is 2.77. The highest BCUT2D eigenvalue weighted by atomic mass is 19.4. The van der Waals surface area contributed by atoms with E-state index in [2.05, 4.69) is 15.2 Å². The van der Waals surface area contributed by atoms with Crippen LogP contribution in [0.4, 0.5) is 19.0 Å². The van der Waals surface area contributed by atoms with Gasteiger partial charge in [-0.3, -0.25) is 9.69 Å². The molecule has 1 aromatic heterocycles. The molecule has 146 valence electrons. The Labute approximate surface area is 152 Å². The molecule has 1 aliphatic heterocycles. The first-order valence-corrected chi connectivity index (χ1v) is 8.88. The number of pyridine rings is 1. The van der Waals surface area contributed by atoms with Crippen LogP contribution in [-0.4, -0.2) is 53.6 Å². The van der Waals surface area contributed by atoms with Crippen molar-refractivity contribution in [3.05, 3.63) is 23.9 Å². The Hall–Kier alpha value is -1.83. The lowest BCUT2D eigenvalue weighted by Gasteiger charge is -2.39. The minimum atomic E-state index is -4.38. The number of nitrogens with zero attached hydrogens (tertiary/aromatic N) is 3. The number of rotatable bonds is 5. The van der Waals surface area contributed by atoms with Crippen LogP contribution in [0.3, 0.4) is 0 Å². The molecule has 1 saturated heterocycles. The maximum atomic E-state index is 12.6. The molecular weight excluding hydrogens is 345 g/mol. The van der Waals surface area contributed by atoms with E-state index in [0.29, 0.717) is 32.0 Å². The molecule has 1 unspecified atom stereocenters. The summed E-state index contributed by atoms with van der Waals surface area (Å²) >= 11 is 0. The van der Waals surface area contributed by atoms with Crippen molar-refractivity contribution in [1.29, 1.82) is 0 Å². The molecule has 5 nitrogen and oxygen atoms in total. The Morgan fingerprint density at radius 3 is 2.31 bits per heavy atom. The number of carbonyl (C=O) groups excluding carboxylic acids is 1. The van der Waals surface area contributed by atoms with Gasteiger partial charge in [0.15, 0.2) is 0 Å². The van der Waals surface area contributed by atoms with Gasteiger partial charge in [-0.2, -0.15) is 13.2 Å². The van der Waals surface area contributed by atoms with Crippen molar-refractivity contribution in [2.75, 3.05) is 31.1 Å². The highest BCUT2D eigenvalue weighted by molar-refractivity contribution is 5.82. The van der Waals surface area contributed by atoms with Gasteiger partial charge in [0, 0.05) is 37.9 Å². The fourth-order valence-corrected chi connectivity index (χ4v) is 2.77. The number of halogens is 3. The Morgan fingerprint density at radius 2 is 1.85 bits per heavy atom. The van der Waals surface area contributed by atoms with Crippen molar-refractivity contribution in [3.8, 4) is 0 Å². The molecule has 2 heterocycles.